The average Bonchev–Trinajstić information content (AvgIpc) is 2.99. The van der Waals surface area contributed by atoms with Gasteiger partial charge in [0, 0.05) is 55.1 Å². The van der Waals surface area contributed by atoms with E-state index in [2.05, 4.69) is 34.1 Å². The lowest BCUT2D eigenvalue weighted by Crippen LogP contribution is -2.19. The van der Waals surface area contributed by atoms with Crippen LogP contribution >= 0.6 is 11.8 Å². The Hall–Kier alpha value is -2.41. The van der Waals surface area contributed by atoms with Crippen LogP contribution in [0.15, 0.2) is 40.7 Å². The van der Waals surface area contributed by atoms with Crippen molar-refractivity contribution < 1.29 is 0 Å². The van der Waals surface area contributed by atoms with Crippen molar-refractivity contribution >= 4 is 11.8 Å². The number of pyridine rings is 1. The predicted molar refractivity (Wildman–Crippen MR) is 103 cm³/mol. The summed E-state index contributed by atoms with van der Waals surface area (Å²) in [5.41, 5.74) is 4.75. The van der Waals surface area contributed by atoms with Crippen molar-refractivity contribution in [1.82, 2.24) is 24.3 Å². The molecule has 0 N–H and O–H groups in total. The first-order chi connectivity index (χ1) is 12.4. The summed E-state index contributed by atoms with van der Waals surface area (Å²) in [6.45, 7) is 6.82. The maximum absolute atomic E-state index is 12.5. The lowest BCUT2D eigenvalue weighted by atomic mass is 10.1. The summed E-state index contributed by atoms with van der Waals surface area (Å²) in [6, 6.07) is 4.15. The normalized spacial score (nSPS) is 11.1. The van der Waals surface area contributed by atoms with Crippen molar-refractivity contribution in [1.29, 1.82) is 0 Å². The van der Waals surface area contributed by atoms with E-state index >= 15 is 0 Å². The lowest BCUT2D eigenvalue weighted by Gasteiger charge is -2.12. The number of hydrogen-bond donors (Lipinski definition) is 0. The van der Waals surface area contributed by atoms with Crippen LogP contribution in [0, 0.1) is 13.8 Å². The first-order valence-electron chi connectivity index (χ1n) is 8.59. The van der Waals surface area contributed by atoms with Crippen LogP contribution in [0.3, 0.4) is 0 Å². The fourth-order valence-electron chi connectivity index (χ4n) is 2.92. The van der Waals surface area contributed by atoms with Gasteiger partial charge in [0.2, 0.25) is 0 Å². The van der Waals surface area contributed by atoms with Crippen molar-refractivity contribution in [2.24, 2.45) is 7.05 Å². The van der Waals surface area contributed by atoms with Crippen molar-refractivity contribution in [2.75, 3.05) is 0 Å². The molecule has 0 bridgehead atoms. The molecule has 0 saturated carbocycles. The molecule has 6 nitrogen and oxygen atoms in total. The molecule has 0 fully saturated rings. The summed E-state index contributed by atoms with van der Waals surface area (Å²) >= 11 is 1.58. The van der Waals surface area contributed by atoms with Gasteiger partial charge in [-0.2, -0.15) is 10.1 Å². The average molecular weight is 369 g/mol. The molecule has 26 heavy (non-hydrogen) atoms. The zero-order valence-corrected chi connectivity index (χ0v) is 16.4. The van der Waals surface area contributed by atoms with Gasteiger partial charge in [-0.3, -0.25) is 14.5 Å². The molecule has 3 aromatic heterocycles. The Morgan fingerprint density at radius 2 is 1.81 bits per heavy atom. The molecular formula is C19H23N5OS. The number of hydrogen-bond acceptors (Lipinski definition) is 5. The lowest BCUT2D eigenvalue weighted by molar-refractivity contribution is 0.632. The third-order valence-electron chi connectivity index (χ3n) is 4.03. The molecule has 0 spiro atoms. The number of aryl methyl sites for hydroxylation is 4. The second kappa shape index (κ2) is 7.86. The van der Waals surface area contributed by atoms with Gasteiger partial charge in [-0.05, 0) is 44.0 Å². The summed E-state index contributed by atoms with van der Waals surface area (Å²) in [5, 5.41) is 4.91. The highest BCUT2D eigenvalue weighted by Crippen LogP contribution is 2.21. The molecule has 0 radical (unpaired) electrons. The smallest absolute Gasteiger partial charge is 0.277 e. The van der Waals surface area contributed by atoms with E-state index in [1.165, 1.54) is 5.56 Å². The molecule has 0 atom stereocenters. The Kier molecular flexibility index (Phi) is 5.56. The third-order valence-corrected chi connectivity index (χ3v) is 5.09. The van der Waals surface area contributed by atoms with E-state index in [-0.39, 0.29) is 5.56 Å². The van der Waals surface area contributed by atoms with E-state index in [1.807, 2.05) is 37.9 Å². The maximum Gasteiger partial charge on any atom is 0.277 e. The van der Waals surface area contributed by atoms with Gasteiger partial charge in [-0.25, -0.2) is 0 Å². The zero-order valence-electron chi connectivity index (χ0n) is 15.6. The number of rotatable bonds is 6. The quantitative estimate of drug-likeness (QED) is 0.494. The Bertz CT molecular complexity index is 956. The van der Waals surface area contributed by atoms with E-state index in [0.717, 1.165) is 34.4 Å². The van der Waals surface area contributed by atoms with Gasteiger partial charge in [0.1, 0.15) is 0 Å². The van der Waals surface area contributed by atoms with Gasteiger partial charge in [-0.1, -0.05) is 11.8 Å². The topological polar surface area (TPSA) is 65.6 Å². The molecule has 3 aromatic rings. The van der Waals surface area contributed by atoms with E-state index in [4.69, 9.17) is 0 Å². The molecular weight excluding hydrogens is 346 g/mol. The molecule has 0 aliphatic heterocycles. The summed E-state index contributed by atoms with van der Waals surface area (Å²) in [6.07, 6.45) is 6.18. The highest BCUT2D eigenvalue weighted by atomic mass is 32.2. The van der Waals surface area contributed by atoms with Crippen LogP contribution < -0.4 is 5.56 Å². The molecule has 0 aromatic carbocycles. The van der Waals surface area contributed by atoms with Crippen molar-refractivity contribution in [2.45, 2.75) is 44.6 Å². The highest BCUT2D eigenvalue weighted by molar-refractivity contribution is 7.98. The molecule has 0 unspecified atom stereocenters. The van der Waals surface area contributed by atoms with Gasteiger partial charge in [0.25, 0.3) is 5.56 Å². The van der Waals surface area contributed by atoms with Crippen LogP contribution in [0.2, 0.25) is 0 Å². The van der Waals surface area contributed by atoms with E-state index in [9.17, 15) is 4.79 Å². The highest BCUT2D eigenvalue weighted by Gasteiger charge is 2.10. The molecule has 3 heterocycles. The summed E-state index contributed by atoms with van der Waals surface area (Å²) in [7, 11) is 1.87. The fourth-order valence-corrected chi connectivity index (χ4v) is 3.88. The summed E-state index contributed by atoms with van der Waals surface area (Å²) < 4.78 is 3.78. The molecule has 0 amide bonds. The molecule has 0 aliphatic rings. The van der Waals surface area contributed by atoms with Crippen LogP contribution in [0.4, 0.5) is 0 Å². The molecule has 0 saturated heterocycles. The van der Waals surface area contributed by atoms with Gasteiger partial charge in [0.05, 0.1) is 6.20 Å². The Morgan fingerprint density at radius 3 is 2.42 bits per heavy atom. The molecule has 136 valence electrons. The third kappa shape index (κ3) is 4.40. The van der Waals surface area contributed by atoms with E-state index in [0.29, 0.717) is 12.0 Å². The summed E-state index contributed by atoms with van der Waals surface area (Å²) in [5.74, 6) is 0.762. The minimum Gasteiger partial charge on any atom is -0.327 e. The van der Waals surface area contributed by atoms with Crippen LogP contribution in [0.1, 0.15) is 35.0 Å². The minimum absolute atomic E-state index is 0.164. The Morgan fingerprint density at radius 1 is 1.08 bits per heavy atom. The standard InChI is InChI=1S/C19H23N5OS/c1-5-24-11-17(8-16-9-20-23(4)10-16)18(25)22-19(24)26-12-15-6-13(2)21-14(3)7-15/h6-7,9-11H,5,8,12H2,1-4H3. The number of thioether (sulfide) groups is 1. The fraction of sp³-hybridized carbons (Fsp3) is 0.368. The van der Waals surface area contributed by atoms with Crippen LogP contribution in [0.5, 0.6) is 0 Å². The molecule has 3 rings (SSSR count). The first-order valence-corrected chi connectivity index (χ1v) is 9.58. The van der Waals surface area contributed by atoms with Gasteiger partial charge in [-0.15, -0.1) is 0 Å². The Labute approximate surface area is 157 Å². The van der Waals surface area contributed by atoms with Crippen molar-refractivity contribution in [3.05, 3.63) is 69.2 Å². The van der Waals surface area contributed by atoms with Crippen LogP contribution in [-0.4, -0.2) is 24.3 Å². The monoisotopic (exact) mass is 369 g/mol. The van der Waals surface area contributed by atoms with Crippen molar-refractivity contribution in [3.63, 3.8) is 0 Å². The van der Waals surface area contributed by atoms with E-state index < -0.39 is 0 Å². The van der Waals surface area contributed by atoms with Gasteiger partial charge >= 0.3 is 0 Å². The minimum atomic E-state index is -0.164. The number of aromatic nitrogens is 5. The molecule has 7 heteroatoms. The van der Waals surface area contributed by atoms with Gasteiger partial charge < -0.3 is 4.57 Å². The second-order valence-electron chi connectivity index (χ2n) is 6.39. The van der Waals surface area contributed by atoms with Crippen LogP contribution in [-0.2, 0) is 25.8 Å². The maximum atomic E-state index is 12.5. The largest absolute Gasteiger partial charge is 0.327 e. The second-order valence-corrected chi connectivity index (χ2v) is 7.33. The first kappa shape index (κ1) is 18.4. The number of nitrogens with zero attached hydrogens (tertiary/aromatic N) is 5. The summed E-state index contributed by atoms with van der Waals surface area (Å²) in [4.78, 5) is 21.2. The predicted octanol–water partition coefficient (Wildman–Crippen LogP) is 2.89. The zero-order chi connectivity index (χ0) is 18.7. The Balaban J connectivity index is 1.81. The van der Waals surface area contributed by atoms with Gasteiger partial charge in [0.15, 0.2) is 5.16 Å². The molecule has 0 aliphatic carbocycles. The SMILES string of the molecule is CCn1cc(Cc2cnn(C)c2)c(=O)nc1SCc1cc(C)nc(C)c1. The van der Waals surface area contributed by atoms with Crippen LogP contribution in [0.25, 0.3) is 0 Å². The van der Waals surface area contributed by atoms with Crippen molar-refractivity contribution in [3.8, 4) is 0 Å². The van der Waals surface area contributed by atoms with E-state index in [1.54, 1.807) is 22.6 Å².